The van der Waals surface area contributed by atoms with Crippen LogP contribution in [-0.2, 0) is 23.1 Å². The Morgan fingerprint density at radius 3 is 1.77 bits per heavy atom. The number of hydrogen-bond donors (Lipinski definition) is 0. The standard InChI is InChI=1S/C26H32N2OS/c1-25(2,3)21-11-7-19(8-12-21)17-28-23(29)15-16-27-24(28)30-18-20-9-13-22(14-10-20)26(4,5)6/h7-16H,17-18H2,1-6H3. The second-order valence-corrected chi connectivity index (χ2v) is 10.8. The topological polar surface area (TPSA) is 34.9 Å². The van der Waals surface area contributed by atoms with E-state index in [0.29, 0.717) is 6.54 Å². The quantitative estimate of drug-likeness (QED) is 0.365. The van der Waals surface area contributed by atoms with Gasteiger partial charge in [0.2, 0.25) is 0 Å². The van der Waals surface area contributed by atoms with Crippen LogP contribution in [0.2, 0.25) is 0 Å². The van der Waals surface area contributed by atoms with Crippen LogP contribution >= 0.6 is 11.8 Å². The van der Waals surface area contributed by atoms with Gasteiger partial charge < -0.3 is 0 Å². The van der Waals surface area contributed by atoms with Crippen LogP contribution < -0.4 is 5.56 Å². The Balaban J connectivity index is 1.76. The first-order valence-electron chi connectivity index (χ1n) is 10.4. The molecule has 0 bridgehead atoms. The normalized spacial score (nSPS) is 12.2. The zero-order valence-corrected chi connectivity index (χ0v) is 19.7. The van der Waals surface area contributed by atoms with E-state index in [-0.39, 0.29) is 16.4 Å². The third-order valence-electron chi connectivity index (χ3n) is 5.25. The molecule has 0 amide bonds. The molecule has 0 N–H and O–H groups in total. The third-order valence-corrected chi connectivity index (χ3v) is 6.31. The van der Waals surface area contributed by atoms with Crippen molar-refractivity contribution in [2.45, 2.75) is 69.8 Å². The van der Waals surface area contributed by atoms with Crippen molar-refractivity contribution in [3.63, 3.8) is 0 Å². The summed E-state index contributed by atoms with van der Waals surface area (Å²) in [6.07, 6.45) is 1.60. The fraction of sp³-hybridized carbons (Fsp3) is 0.385. The Bertz CT molecular complexity index is 1040. The fourth-order valence-corrected chi connectivity index (χ4v) is 4.16. The number of benzene rings is 2. The van der Waals surface area contributed by atoms with Crippen molar-refractivity contribution in [1.82, 2.24) is 9.55 Å². The largest absolute Gasteiger partial charge is 0.283 e. The summed E-state index contributed by atoms with van der Waals surface area (Å²) >= 11 is 1.61. The Labute approximate surface area is 184 Å². The molecule has 3 rings (SSSR count). The summed E-state index contributed by atoms with van der Waals surface area (Å²) in [5.74, 6) is 0.782. The molecule has 0 aliphatic rings. The van der Waals surface area contributed by atoms with E-state index < -0.39 is 0 Å². The van der Waals surface area contributed by atoms with Gasteiger partial charge in [0.25, 0.3) is 5.56 Å². The highest BCUT2D eigenvalue weighted by Gasteiger charge is 2.15. The van der Waals surface area contributed by atoms with Crippen LogP contribution in [0.1, 0.15) is 63.8 Å². The van der Waals surface area contributed by atoms with Gasteiger partial charge in [-0.05, 0) is 33.1 Å². The number of rotatable bonds is 5. The van der Waals surface area contributed by atoms with Crippen LogP contribution in [0.3, 0.4) is 0 Å². The Morgan fingerprint density at radius 1 is 0.767 bits per heavy atom. The highest BCUT2D eigenvalue weighted by Crippen LogP contribution is 2.26. The molecule has 1 heterocycles. The monoisotopic (exact) mass is 420 g/mol. The summed E-state index contributed by atoms with van der Waals surface area (Å²) in [6, 6.07) is 18.8. The molecule has 4 heteroatoms. The molecular formula is C26H32N2OS. The lowest BCUT2D eigenvalue weighted by Gasteiger charge is -2.19. The van der Waals surface area contributed by atoms with Gasteiger partial charge in [0, 0.05) is 18.0 Å². The molecule has 0 saturated heterocycles. The molecule has 0 radical (unpaired) electrons. The molecule has 3 aromatic rings. The fourth-order valence-electron chi connectivity index (χ4n) is 3.22. The first kappa shape index (κ1) is 22.4. The van der Waals surface area contributed by atoms with Gasteiger partial charge in [-0.3, -0.25) is 9.36 Å². The van der Waals surface area contributed by atoms with Crippen LogP contribution in [0.25, 0.3) is 0 Å². The highest BCUT2D eigenvalue weighted by atomic mass is 32.2. The Hall–Kier alpha value is -2.33. The predicted molar refractivity (Wildman–Crippen MR) is 127 cm³/mol. The summed E-state index contributed by atoms with van der Waals surface area (Å²) in [6.45, 7) is 13.8. The van der Waals surface area contributed by atoms with Crippen molar-refractivity contribution in [2.24, 2.45) is 0 Å². The van der Waals surface area contributed by atoms with Gasteiger partial charge in [0.15, 0.2) is 5.16 Å². The minimum Gasteiger partial charge on any atom is -0.283 e. The second-order valence-electron chi connectivity index (χ2n) is 9.83. The smallest absolute Gasteiger partial charge is 0.254 e. The molecule has 0 atom stereocenters. The van der Waals surface area contributed by atoms with Gasteiger partial charge in [-0.2, -0.15) is 0 Å². The lowest BCUT2D eigenvalue weighted by Crippen LogP contribution is -2.22. The molecule has 30 heavy (non-hydrogen) atoms. The number of hydrogen-bond acceptors (Lipinski definition) is 3. The SMILES string of the molecule is CC(C)(C)c1ccc(CSc2nccc(=O)n2Cc2ccc(C(C)(C)C)cc2)cc1. The Morgan fingerprint density at radius 2 is 1.27 bits per heavy atom. The van der Waals surface area contributed by atoms with Gasteiger partial charge in [-0.1, -0.05) is 102 Å². The first-order chi connectivity index (χ1) is 14.0. The van der Waals surface area contributed by atoms with E-state index in [4.69, 9.17) is 0 Å². The van der Waals surface area contributed by atoms with Gasteiger partial charge in [-0.15, -0.1) is 0 Å². The van der Waals surface area contributed by atoms with Gasteiger partial charge >= 0.3 is 0 Å². The predicted octanol–water partition coefficient (Wildman–Crippen LogP) is 6.18. The maximum Gasteiger partial charge on any atom is 0.254 e. The van der Waals surface area contributed by atoms with E-state index in [1.165, 1.54) is 22.8 Å². The molecule has 0 aliphatic carbocycles. The molecular weight excluding hydrogens is 388 g/mol. The van der Waals surface area contributed by atoms with Crippen molar-refractivity contribution >= 4 is 11.8 Å². The first-order valence-corrected chi connectivity index (χ1v) is 11.4. The minimum atomic E-state index is -0.0181. The molecule has 0 unspecified atom stereocenters. The van der Waals surface area contributed by atoms with Crippen molar-refractivity contribution in [1.29, 1.82) is 0 Å². The summed E-state index contributed by atoms with van der Waals surface area (Å²) in [4.78, 5) is 17.0. The van der Waals surface area contributed by atoms with Crippen LogP contribution in [0.5, 0.6) is 0 Å². The minimum absolute atomic E-state index is 0.0181. The number of thioether (sulfide) groups is 1. The van der Waals surface area contributed by atoms with Gasteiger partial charge in [0.05, 0.1) is 6.54 Å². The van der Waals surface area contributed by atoms with E-state index in [1.807, 2.05) is 0 Å². The summed E-state index contributed by atoms with van der Waals surface area (Å²) in [5, 5.41) is 0.752. The van der Waals surface area contributed by atoms with Crippen molar-refractivity contribution in [3.05, 3.63) is 93.4 Å². The summed E-state index contributed by atoms with van der Waals surface area (Å²) < 4.78 is 1.76. The number of nitrogens with zero attached hydrogens (tertiary/aromatic N) is 2. The van der Waals surface area contributed by atoms with E-state index in [9.17, 15) is 4.79 Å². The van der Waals surface area contributed by atoms with Crippen LogP contribution in [0.15, 0.2) is 70.7 Å². The van der Waals surface area contributed by atoms with Crippen molar-refractivity contribution in [2.75, 3.05) is 0 Å². The summed E-state index contributed by atoms with van der Waals surface area (Å²) in [7, 11) is 0. The average molecular weight is 421 g/mol. The van der Waals surface area contributed by atoms with Crippen molar-refractivity contribution in [3.8, 4) is 0 Å². The zero-order chi connectivity index (χ0) is 21.9. The molecule has 3 nitrogen and oxygen atoms in total. The average Bonchev–Trinajstić information content (AvgIpc) is 2.68. The van der Waals surface area contributed by atoms with Crippen LogP contribution in [-0.4, -0.2) is 9.55 Å². The maximum atomic E-state index is 12.5. The maximum absolute atomic E-state index is 12.5. The molecule has 158 valence electrons. The van der Waals surface area contributed by atoms with E-state index >= 15 is 0 Å². The zero-order valence-electron chi connectivity index (χ0n) is 18.9. The van der Waals surface area contributed by atoms with Crippen molar-refractivity contribution < 1.29 is 0 Å². The number of aromatic nitrogens is 2. The molecule has 2 aromatic carbocycles. The Kier molecular flexibility index (Phi) is 6.56. The molecule has 0 aliphatic heterocycles. The van der Waals surface area contributed by atoms with Crippen LogP contribution in [0.4, 0.5) is 0 Å². The van der Waals surface area contributed by atoms with Gasteiger partial charge in [-0.25, -0.2) is 4.98 Å². The lowest BCUT2D eigenvalue weighted by molar-refractivity contribution is 0.589. The lowest BCUT2D eigenvalue weighted by atomic mass is 9.87. The molecule has 1 aromatic heterocycles. The van der Waals surface area contributed by atoms with E-state index in [1.54, 1.807) is 22.5 Å². The molecule has 0 spiro atoms. The molecule has 0 fully saturated rings. The second kappa shape index (κ2) is 8.81. The van der Waals surface area contributed by atoms with E-state index in [2.05, 4.69) is 95.1 Å². The van der Waals surface area contributed by atoms with E-state index in [0.717, 1.165) is 16.5 Å². The van der Waals surface area contributed by atoms with Crippen LogP contribution in [0, 0.1) is 0 Å². The molecule has 0 saturated carbocycles. The van der Waals surface area contributed by atoms with Gasteiger partial charge in [0.1, 0.15) is 0 Å². The third kappa shape index (κ3) is 5.63. The summed E-state index contributed by atoms with van der Waals surface area (Å²) in [5.41, 5.74) is 5.20. The highest BCUT2D eigenvalue weighted by molar-refractivity contribution is 7.98.